The molecule has 2 aromatic rings. The van der Waals surface area contributed by atoms with Crippen molar-refractivity contribution in [1.29, 1.82) is 0 Å². The lowest BCUT2D eigenvalue weighted by atomic mass is 10.1. The molecule has 0 spiro atoms. The smallest absolute Gasteiger partial charge is 0.265 e. The monoisotopic (exact) mass is 361 g/mol. The van der Waals surface area contributed by atoms with Gasteiger partial charge >= 0.3 is 0 Å². The molecule has 0 radical (unpaired) electrons. The van der Waals surface area contributed by atoms with E-state index in [-0.39, 0.29) is 11.3 Å². The van der Waals surface area contributed by atoms with Crippen LogP contribution in [0.2, 0.25) is 0 Å². The molecule has 8 heteroatoms. The van der Waals surface area contributed by atoms with Gasteiger partial charge in [0.25, 0.3) is 11.5 Å². The van der Waals surface area contributed by atoms with E-state index in [0.29, 0.717) is 28.9 Å². The number of fused-ring (bicyclic) bond motifs is 1. The zero-order chi connectivity index (χ0) is 18.7. The van der Waals surface area contributed by atoms with Crippen molar-refractivity contribution >= 4 is 16.8 Å². The number of carbonyl (C=O) groups is 1. The zero-order valence-corrected chi connectivity index (χ0v) is 14.9. The van der Waals surface area contributed by atoms with Crippen LogP contribution in [0.15, 0.2) is 16.9 Å². The van der Waals surface area contributed by atoms with E-state index in [1.54, 1.807) is 6.07 Å². The van der Waals surface area contributed by atoms with E-state index in [9.17, 15) is 14.7 Å². The lowest BCUT2D eigenvalue weighted by Crippen LogP contribution is -2.35. The number of nitrogens with one attached hydrogen (secondary N) is 2. The maximum atomic E-state index is 12.4. The highest BCUT2D eigenvalue weighted by Gasteiger charge is 2.21. The average Bonchev–Trinajstić information content (AvgIpc) is 3.14. The Hall–Kier alpha value is -2.74. The third kappa shape index (κ3) is 3.45. The van der Waals surface area contributed by atoms with Crippen molar-refractivity contribution in [2.45, 2.75) is 12.8 Å². The lowest BCUT2D eigenvalue weighted by Gasteiger charge is -2.15. The number of aromatic hydroxyl groups is 1. The summed E-state index contributed by atoms with van der Waals surface area (Å²) >= 11 is 0. The first-order valence-electron chi connectivity index (χ1n) is 8.56. The molecular formula is C18H23N3O5. The van der Waals surface area contributed by atoms with E-state index in [1.807, 2.05) is 0 Å². The van der Waals surface area contributed by atoms with Gasteiger partial charge in [0, 0.05) is 24.5 Å². The Morgan fingerprint density at radius 1 is 1.23 bits per heavy atom. The van der Waals surface area contributed by atoms with Gasteiger partial charge < -0.3 is 29.8 Å². The highest BCUT2D eigenvalue weighted by atomic mass is 16.5. The minimum absolute atomic E-state index is 0.300. The fraction of sp³-hybridized carbons (Fsp3) is 0.444. The summed E-state index contributed by atoms with van der Waals surface area (Å²) in [5.41, 5.74) is -0.592. The van der Waals surface area contributed by atoms with Crippen molar-refractivity contribution in [2.24, 2.45) is 0 Å². The second-order valence-electron chi connectivity index (χ2n) is 6.24. The number of benzene rings is 1. The Morgan fingerprint density at radius 3 is 2.54 bits per heavy atom. The van der Waals surface area contributed by atoms with Crippen molar-refractivity contribution < 1.29 is 19.4 Å². The molecule has 3 rings (SSSR count). The number of ether oxygens (including phenoxy) is 2. The second-order valence-corrected chi connectivity index (χ2v) is 6.24. The number of likely N-dealkylation sites (tertiary alicyclic amines) is 1. The molecule has 1 fully saturated rings. The summed E-state index contributed by atoms with van der Waals surface area (Å²) in [6.45, 7) is 3.20. The molecule has 3 N–H and O–H groups in total. The summed E-state index contributed by atoms with van der Waals surface area (Å²) < 4.78 is 10.4. The molecule has 1 amide bonds. The standard InChI is InChI=1S/C18H23N3O5/c1-25-13-9-11-12(10-14(13)26-2)20-18(24)15(16(11)22)17(23)19-5-8-21-6-3-4-7-21/h9-10H,3-8H2,1-2H3,(H,19,23)(H2,20,22,24). The maximum absolute atomic E-state index is 12.4. The van der Waals surface area contributed by atoms with E-state index in [2.05, 4.69) is 15.2 Å². The Labute approximate surface area is 150 Å². The number of aromatic amines is 1. The average molecular weight is 361 g/mol. The van der Waals surface area contributed by atoms with E-state index in [4.69, 9.17) is 9.47 Å². The number of pyridine rings is 1. The first-order valence-corrected chi connectivity index (χ1v) is 8.56. The summed E-state index contributed by atoms with van der Waals surface area (Å²) in [4.78, 5) is 29.6. The Morgan fingerprint density at radius 2 is 1.88 bits per heavy atom. The molecule has 26 heavy (non-hydrogen) atoms. The van der Waals surface area contributed by atoms with Gasteiger partial charge in [-0.3, -0.25) is 9.59 Å². The van der Waals surface area contributed by atoms with Gasteiger partial charge in [-0.2, -0.15) is 0 Å². The molecular weight excluding hydrogens is 338 g/mol. The zero-order valence-electron chi connectivity index (χ0n) is 14.9. The van der Waals surface area contributed by atoms with Crippen molar-refractivity contribution in [3.05, 3.63) is 28.0 Å². The molecule has 1 aromatic carbocycles. The first-order chi connectivity index (χ1) is 12.5. The fourth-order valence-corrected chi connectivity index (χ4v) is 3.24. The molecule has 0 aliphatic carbocycles. The van der Waals surface area contributed by atoms with Crippen molar-refractivity contribution in [2.75, 3.05) is 40.4 Å². The topological polar surface area (TPSA) is 104 Å². The minimum Gasteiger partial charge on any atom is -0.506 e. The van der Waals surface area contributed by atoms with Crippen LogP contribution in [0.3, 0.4) is 0 Å². The number of methoxy groups -OCH3 is 2. The van der Waals surface area contributed by atoms with Gasteiger partial charge in [-0.05, 0) is 32.0 Å². The molecule has 1 aromatic heterocycles. The molecule has 0 saturated carbocycles. The van der Waals surface area contributed by atoms with Crippen LogP contribution in [-0.4, -0.2) is 61.3 Å². The van der Waals surface area contributed by atoms with Crippen molar-refractivity contribution in [3.63, 3.8) is 0 Å². The van der Waals surface area contributed by atoms with Crippen LogP contribution in [0.5, 0.6) is 17.2 Å². The summed E-state index contributed by atoms with van der Waals surface area (Å²) in [6, 6.07) is 3.07. The van der Waals surface area contributed by atoms with Gasteiger partial charge in [0.15, 0.2) is 11.5 Å². The minimum atomic E-state index is -0.652. The van der Waals surface area contributed by atoms with Crippen molar-refractivity contribution in [3.8, 4) is 17.2 Å². The van der Waals surface area contributed by atoms with Gasteiger partial charge in [-0.15, -0.1) is 0 Å². The molecule has 0 unspecified atom stereocenters. The molecule has 0 bridgehead atoms. The third-order valence-corrected chi connectivity index (χ3v) is 4.63. The van der Waals surface area contributed by atoms with E-state index in [1.165, 1.54) is 33.1 Å². The van der Waals surface area contributed by atoms with Crippen LogP contribution >= 0.6 is 0 Å². The SMILES string of the molecule is COc1cc2[nH]c(=O)c(C(=O)NCCN3CCCC3)c(O)c2cc1OC. The molecule has 1 saturated heterocycles. The summed E-state index contributed by atoms with van der Waals surface area (Å²) in [6.07, 6.45) is 2.34. The number of carbonyl (C=O) groups excluding carboxylic acids is 1. The summed E-state index contributed by atoms with van der Waals surface area (Å²) in [5, 5.41) is 13.5. The third-order valence-electron chi connectivity index (χ3n) is 4.63. The Balaban J connectivity index is 1.87. The van der Waals surface area contributed by atoms with Gasteiger partial charge in [0.05, 0.1) is 19.7 Å². The largest absolute Gasteiger partial charge is 0.506 e. The van der Waals surface area contributed by atoms with E-state index in [0.717, 1.165) is 19.6 Å². The predicted octanol–water partition coefficient (Wildman–Crippen LogP) is 1.08. The van der Waals surface area contributed by atoms with Crippen LogP contribution in [0.4, 0.5) is 0 Å². The van der Waals surface area contributed by atoms with Crippen LogP contribution in [0.25, 0.3) is 10.9 Å². The van der Waals surface area contributed by atoms with Crippen molar-refractivity contribution in [1.82, 2.24) is 15.2 Å². The number of hydrogen-bond acceptors (Lipinski definition) is 6. The molecule has 1 aliphatic heterocycles. The molecule has 1 aliphatic rings. The fourth-order valence-electron chi connectivity index (χ4n) is 3.24. The van der Waals surface area contributed by atoms with Crippen LogP contribution in [-0.2, 0) is 0 Å². The highest BCUT2D eigenvalue weighted by Crippen LogP contribution is 2.35. The van der Waals surface area contributed by atoms with Crippen LogP contribution < -0.4 is 20.3 Å². The van der Waals surface area contributed by atoms with E-state index >= 15 is 0 Å². The number of nitrogens with zero attached hydrogens (tertiary/aromatic N) is 1. The predicted molar refractivity (Wildman–Crippen MR) is 97.3 cm³/mol. The van der Waals surface area contributed by atoms with Crippen LogP contribution in [0.1, 0.15) is 23.2 Å². The summed E-state index contributed by atoms with van der Waals surface area (Å²) in [5.74, 6) is -0.163. The highest BCUT2D eigenvalue weighted by molar-refractivity contribution is 6.02. The normalized spacial score (nSPS) is 14.5. The maximum Gasteiger partial charge on any atom is 0.265 e. The summed E-state index contributed by atoms with van der Waals surface area (Å²) in [7, 11) is 2.95. The molecule has 2 heterocycles. The van der Waals surface area contributed by atoms with Gasteiger partial charge in [0.2, 0.25) is 0 Å². The van der Waals surface area contributed by atoms with Crippen LogP contribution in [0, 0.1) is 0 Å². The molecule has 0 atom stereocenters. The van der Waals surface area contributed by atoms with Gasteiger partial charge in [0.1, 0.15) is 11.3 Å². The number of rotatable bonds is 6. The molecule has 140 valence electrons. The first kappa shape index (κ1) is 18.1. The van der Waals surface area contributed by atoms with Gasteiger partial charge in [-0.1, -0.05) is 0 Å². The molecule has 8 nitrogen and oxygen atoms in total. The lowest BCUT2D eigenvalue weighted by molar-refractivity contribution is 0.0946. The second kappa shape index (κ2) is 7.65. The number of hydrogen-bond donors (Lipinski definition) is 3. The van der Waals surface area contributed by atoms with E-state index < -0.39 is 11.5 Å². The van der Waals surface area contributed by atoms with Gasteiger partial charge in [-0.25, -0.2) is 0 Å². The number of amides is 1. The Bertz CT molecular complexity index is 871. The number of aromatic nitrogens is 1. The quantitative estimate of drug-likeness (QED) is 0.711. The Kier molecular flexibility index (Phi) is 5.32. The number of H-pyrrole nitrogens is 1.